The van der Waals surface area contributed by atoms with E-state index >= 15 is 0 Å². The van der Waals surface area contributed by atoms with Crippen molar-refractivity contribution < 1.29 is 19.4 Å². The fraction of sp³-hybridized carbons (Fsp3) is 0.333. The summed E-state index contributed by atoms with van der Waals surface area (Å²) in [4.78, 5) is 21.6. The Balaban J connectivity index is 3.03. The number of amides is 2. The van der Waals surface area contributed by atoms with Crippen molar-refractivity contribution >= 4 is 17.9 Å². The Hall–Kier alpha value is -2.24. The summed E-state index contributed by atoms with van der Waals surface area (Å²) in [7, 11) is 1.46. The number of anilines is 1. The maximum atomic E-state index is 11.1. The van der Waals surface area contributed by atoms with Crippen LogP contribution in [0.15, 0.2) is 18.2 Å². The van der Waals surface area contributed by atoms with E-state index in [1.54, 1.807) is 6.07 Å². The van der Waals surface area contributed by atoms with Gasteiger partial charge in [-0.1, -0.05) is 13.8 Å². The van der Waals surface area contributed by atoms with Crippen LogP contribution in [-0.4, -0.2) is 19.2 Å². The molecule has 0 aliphatic carbocycles. The molecule has 0 bridgehead atoms. The standard InChI is InChI=1S/C12H16N2O4/c1-7(2)9-6-8(18-12(17)13-3)4-5-10(9)14-11(15)16/h4-7,14H,1-3H3,(H,13,17)(H,15,16)/p-1. The van der Waals surface area contributed by atoms with E-state index in [2.05, 4.69) is 10.6 Å². The number of ether oxygens (including phenoxy) is 1. The molecule has 1 aromatic carbocycles. The Bertz CT molecular complexity index is 457. The van der Waals surface area contributed by atoms with Crippen LogP contribution in [0.1, 0.15) is 25.3 Å². The maximum absolute atomic E-state index is 11.1. The summed E-state index contributed by atoms with van der Waals surface area (Å²) < 4.78 is 4.97. The zero-order valence-corrected chi connectivity index (χ0v) is 10.4. The molecule has 6 heteroatoms. The zero-order chi connectivity index (χ0) is 13.7. The molecule has 2 amide bonds. The van der Waals surface area contributed by atoms with Gasteiger partial charge in [0, 0.05) is 12.7 Å². The second-order valence-electron chi connectivity index (χ2n) is 3.96. The van der Waals surface area contributed by atoms with E-state index in [4.69, 9.17) is 4.74 Å². The molecule has 0 spiro atoms. The van der Waals surface area contributed by atoms with Crippen molar-refractivity contribution in [1.29, 1.82) is 0 Å². The molecule has 1 aromatic rings. The van der Waals surface area contributed by atoms with Crippen LogP contribution in [0.4, 0.5) is 15.3 Å². The number of hydrogen-bond donors (Lipinski definition) is 2. The Morgan fingerprint density at radius 2 is 2.00 bits per heavy atom. The summed E-state index contributed by atoms with van der Waals surface area (Å²) in [6.45, 7) is 3.80. The molecule has 6 nitrogen and oxygen atoms in total. The van der Waals surface area contributed by atoms with Crippen LogP contribution < -0.4 is 20.5 Å². The fourth-order valence-electron chi connectivity index (χ4n) is 1.46. The minimum Gasteiger partial charge on any atom is -0.530 e. The van der Waals surface area contributed by atoms with E-state index in [0.717, 1.165) is 5.56 Å². The smallest absolute Gasteiger partial charge is 0.412 e. The molecule has 0 heterocycles. The van der Waals surface area contributed by atoms with Crippen molar-refractivity contribution in [3.63, 3.8) is 0 Å². The molecule has 98 valence electrons. The van der Waals surface area contributed by atoms with Crippen LogP contribution in [-0.2, 0) is 0 Å². The highest BCUT2D eigenvalue weighted by atomic mass is 16.5. The Labute approximate surface area is 105 Å². The molecule has 0 radical (unpaired) electrons. The van der Waals surface area contributed by atoms with Gasteiger partial charge in [-0.05, 0) is 29.7 Å². The maximum Gasteiger partial charge on any atom is 0.412 e. The molecular weight excluding hydrogens is 236 g/mol. The number of carboxylic acid groups (broad SMARTS) is 1. The molecule has 0 saturated carbocycles. The average Bonchev–Trinajstić information content (AvgIpc) is 2.30. The molecule has 0 fully saturated rings. The predicted molar refractivity (Wildman–Crippen MR) is 64.6 cm³/mol. The van der Waals surface area contributed by atoms with Gasteiger partial charge in [0.25, 0.3) is 0 Å². The van der Waals surface area contributed by atoms with Crippen LogP contribution in [0.3, 0.4) is 0 Å². The highest BCUT2D eigenvalue weighted by Crippen LogP contribution is 2.28. The first kappa shape index (κ1) is 13.8. The van der Waals surface area contributed by atoms with Gasteiger partial charge in [0.2, 0.25) is 0 Å². The number of rotatable bonds is 3. The normalized spacial score (nSPS) is 10.0. The molecule has 0 unspecified atom stereocenters. The van der Waals surface area contributed by atoms with Gasteiger partial charge in [-0.25, -0.2) is 4.79 Å². The van der Waals surface area contributed by atoms with Crippen LogP contribution in [0.5, 0.6) is 5.75 Å². The van der Waals surface area contributed by atoms with E-state index in [-0.39, 0.29) is 5.92 Å². The minimum absolute atomic E-state index is 0.0695. The number of carbonyl (C=O) groups is 2. The van der Waals surface area contributed by atoms with Crippen molar-refractivity contribution in [2.45, 2.75) is 19.8 Å². The van der Waals surface area contributed by atoms with Gasteiger partial charge in [-0.2, -0.15) is 0 Å². The Morgan fingerprint density at radius 1 is 1.33 bits per heavy atom. The molecule has 0 aromatic heterocycles. The summed E-state index contributed by atoms with van der Waals surface area (Å²) in [5, 5.41) is 15.1. The minimum atomic E-state index is -1.38. The molecular formula is C12H15N2O4-. The molecule has 0 aliphatic heterocycles. The highest BCUT2D eigenvalue weighted by Gasteiger charge is 2.10. The lowest BCUT2D eigenvalue weighted by Crippen LogP contribution is -2.29. The molecule has 18 heavy (non-hydrogen) atoms. The number of nitrogens with one attached hydrogen (secondary N) is 2. The first-order chi connectivity index (χ1) is 8.43. The first-order valence-corrected chi connectivity index (χ1v) is 5.45. The average molecular weight is 251 g/mol. The summed E-state index contributed by atoms with van der Waals surface area (Å²) in [5.74, 6) is 0.419. The van der Waals surface area contributed by atoms with Crippen molar-refractivity contribution in [3.8, 4) is 5.75 Å². The van der Waals surface area contributed by atoms with Gasteiger partial charge in [-0.3, -0.25) is 0 Å². The van der Waals surface area contributed by atoms with Gasteiger partial charge < -0.3 is 25.3 Å². The summed E-state index contributed by atoms with van der Waals surface area (Å²) in [6, 6.07) is 4.65. The van der Waals surface area contributed by atoms with E-state index in [1.165, 1.54) is 19.2 Å². The van der Waals surface area contributed by atoms with Gasteiger partial charge in [0.05, 0.1) is 0 Å². The monoisotopic (exact) mass is 251 g/mol. The summed E-state index contributed by atoms with van der Waals surface area (Å²) in [5.41, 5.74) is 1.15. The Kier molecular flexibility index (Phi) is 4.53. The molecule has 1 rings (SSSR count). The lowest BCUT2D eigenvalue weighted by Gasteiger charge is -2.16. The fourth-order valence-corrected chi connectivity index (χ4v) is 1.46. The van der Waals surface area contributed by atoms with Crippen molar-refractivity contribution in [3.05, 3.63) is 23.8 Å². The predicted octanol–water partition coefficient (Wildman–Crippen LogP) is 1.28. The van der Waals surface area contributed by atoms with Crippen LogP contribution in [0, 0.1) is 0 Å². The SMILES string of the molecule is CNC(=O)Oc1ccc(NC(=O)[O-])c(C(C)C)c1. The summed E-state index contributed by atoms with van der Waals surface area (Å²) >= 11 is 0. The van der Waals surface area contributed by atoms with Crippen molar-refractivity contribution in [2.75, 3.05) is 12.4 Å². The summed E-state index contributed by atoms with van der Waals surface area (Å²) in [6.07, 6.45) is -1.96. The van der Waals surface area contributed by atoms with Gasteiger partial charge >= 0.3 is 6.09 Å². The topological polar surface area (TPSA) is 90.5 Å². The van der Waals surface area contributed by atoms with E-state index in [1.807, 2.05) is 13.8 Å². The molecule has 0 atom stereocenters. The van der Waals surface area contributed by atoms with Crippen molar-refractivity contribution in [2.24, 2.45) is 0 Å². The van der Waals surface area contributed by atoms with E-state index in [0.29, 0.717) is 11.4 Å². The number of benzene rings is 1. The van der Waals surface area contributed by atoms with Crippen LogP contribution in [0.2, 0.25) is 0 Å². The number of hydrogen-bond acceptors (Lipinski definition) is 4. The van der Waals surface area contributed by atoms with Gasteiger partial charge in [-0.15, -0.1) is 0 Å². The quantitative estimate of drug-likeness (QED) is 0.846. The molecule has 0 aliphatic rings. The van der Waals surface area contributed by atoms with Crippen LogP contribution >= 0.6 is 0 Å². The third-order valence-electron chi connectivity index (χ3n) is 2.30. The highest BCUT2D eigenvalue weighted by molar-refractivity contribution is 5.83. The third kappa shape index (κ3) is 3.65. The largest absolute Gasteiger partial charge is 0.530 e. The van der Waals surface area contributed by atoms with Gasteiger partial charge in [0.1, 0.15) is 11.8 Å². The lowest BCUT2D eigenvalue weighted by molar-refractivity contribution is -0.242. The van der Waals surface area contributed by atoms with Crippen LogP contribution in [0.25, 0.3) is 0 Å². The zero-order valence-electron chi connectivity index (χ0n) is 10.4. The van der Waals surface area contributed by atoms with Crippen molar-refractivity contribution in [1.82, 2.24) is 5.32 Å². The second kappa shape index (κ2) is 5.90. The second-order valence-corrected chi connectivity index (χ2v) is 3.96. The van der Waals surface area contributed by atoms with E-state index < -0.39 is 12.2 Å². The molecule has 2 N–H and O–H groups in total. The molecule has 0 saturated heterocycles. The van der Waals surface area contributed by atoms with Gasteiger partial charge in [0.15, 0.2) is 0 Å². The first-order valence-electron chi connectivity index (χ1n) is 5.45. The van der Waals surface area contributed by atoms with E-state index in [9.17, 15) is 14.7 Å². The lowest BCUT2D eigenvalue weighted by atomic mass is 10.0. The number of carbonyl (C=O) groups excluding carboxylic acids is 2. The third-order valence-corrected chi connectivity index (χ3v) is 2.30. The Morgan fingerprint density at radius 3 is 2.50 bits per heavy atom.